The summed E-state index contributed by atoms with van der Waals surface area (Å²) in [4.78, 5) is 61.4. The number of aromatic hydroxyl groups is 1. The van der Waals surface area contributed by atoms with Crippen molar-refractivity contribution in [1.29, 1.82) is 0 Å². The molecule has 0 aliphatic carbocycles. The number of hydrogen-bond acceptors (Lipinski definition) is 7. The van der Waals surface area contributed by atoms with Crippen molar-refractivity contribution in [2.45, 2.75) is 57.7 Å². The molecule has 3 atom stereocenters. The minimum absolute atomic E-state index is 0.0800. The largest absolute Gasteiger partial charge is 0.507 e. The van der Waals surface area contributed by atoms with Crippen LogP contribution in [0, 0.1) is 5.92 Å². The third-order valence-corrected chi connectivity index (χ3v) is 5.55. The number of benzene rings is 1. The highest BCUT2D eigenvalue weighted by atomic mass is 16.4. The molecule has 12 nitrogen and oxygen atoms in total. The lowest BCUT2D eigenvalue weighted by molar-refractivity contribution is -0.143. The van der Waals surface area contributed by atoms with Crippen molar-refractivity contribution < 1.29 is 39.3 Å². The van der Waals surface area contributed by atoms with Crippen LogP contribution in [0.5, 0.6) is 5.75 Å². The van der Waals surface area contributed by atoms with Crippen LogP contribution in [0.15, 0.2) is 18.2 Å². The van der Waals surface area contributed by atoms with Gasteiger partial charge >= 0.3 is 11.9 Å². The van der Waals surface area contributed by atoms with Crippen molar-refractivity contribution in [3.05, 3.63) is 23.8 Å². The summed E-state index contributed by atoms with van der Waals surface area (Å²) in [5, 5.41) is 33.2. The molecule has 0 saturated carbocycles. The van der Waals surface area contributed by atoms with E-state index in [0.29, 0.717) is 12.8 Å². The molecule has 1 aliphatic rings. The average Bonchev–Trinajstić information content (AvgIpc) is 3.25. The summed E-state index contributed by atoms with van der Waals surface area (Å²) in [6.07, 6.45) is 0.478. The molecule has 34 heavy (non-hydrogen) atoms. The van der Waals surface area contributed by atoms with E-state index >= 15 is 0 Å². The zero-order chi connectivity index (χ0) is 25.6. The van der Waals surface area contributed by atoms with Crippen LogP contribution in [-0.2, 0) is 19.2 Å². The van der Waals surface area contributed by atoms with E-state index in [2.05, 4.69) is 10.6 Å². The number of carbonyl (C=O) groups excluding carboxylic acids is 3. The van der Waals surface area contributed by atoms with Gasteiger partial charge in [0.05, 0.1) is 11.6 Å². The number of nitrogens with zero attached hydrogens (tertiary/aromatic N) is 1. The summed E-state index contributed by atoms with van der Waals surface area (Å²) in [5.41, 5.74) is 5.69. The molecule has 0 radical (unpaired) electrons. The molecule has 186 valence electrons. The number of rotatable bonds is 10. The number of amides is 3. The monoisotopic (exact) mass is 478 g/mol. The van der Waals surface area contributed by atoms with Gasteiger partial charge in [0.1, 0.15) is 17.8 Å². The van der Waals surface area contributed by atoms with E-state index < -0.39 is 47.8 Å². The molecular formula is C22H30N4O8. The van der Waals surface area contributed by atoms with Gasteiger partial charge < -0.3 is 36.6 Å². The number of anilines is 1. The van der Waals surface area contributed by atoms with E-state index in [0.717, 1.165) is 0 Å². The number of nitrogens with two attached hydrogens (primary N) is 1. The van der Waals surface area contributed by atoms with Crippen molar-refractivity contribution in [3.8, 4) is 5.75 Å². The maximum atomic E-state index is 13.2. The maximum Gasteiger partial charge on any atom is 0.326 e. The average molecular weight is 479 g/mol. The fraction of sp³-hybridized carbons (Fsp3) is 0.500. The third-order valence-electron chi connectivity index (χ3n) is 5.55. The van der Waals surface area contributed by atoms with E-state index in [9.17, 15) is 34.2 Å². The van der Waals surface area contributed by atoms with E-state index in [4.69, 9.17) is 10.8 Å². The van der Waals surface area contributed by atoms with Crippen LogP contribution in [0.25, 0.3) is 0 Å². The first-order chi connectivity index (χ1) is 15.9. The molecule has 1 saturated heterocycles. The fourth-order valence-corrected chi connectivity index (χ4v) is 3.63. The van der Waals surface area contributed by atoms with Crippen LogP contribution in [0.4, 0.5) is 5.69 Å². The normalized spacial score (nSPS) is 17.2. The zero-order valence-corrected chi connectivity index (χ0v) is 19.0. The highest BCUT2D eigenvalue weighted by Gasteiger charge is 2.37. The molecule has 3 amide bonds. The van der Waals surface area contributed by atoms with Crippen LogP contribution in [0.3, 0.4) is 0 Å². The van der Waals surface area contributed by atoms with Crippen LogP contribution in [0.1, 0.15) is 49.9 Å². The van der Waals surface area contributed by atoms with Crippen molar-refractivity contribution in [1.82, 2.24) is 10.2 Å². The van der Waals surface area contributed by atoms with Crippen molar-refractivity contribution in [2.24, 2.45) is 11.7 Å². The summed E-state index contributed by atoms with van der Waals surface area (Å²) in [6, 6.07) is 0.690. The van der Waals surface area contributed by atoms with Crippen molar-refractivity contribution >= 4 is 35.3 Å². The molecule has 7 N–H and O–H groups in total. The molecule has 1 heterocycles. The predicted molar refractivity (Wildman–Crippen MR) is 120 cm³/mol. The zero-order valence-electron chi connectivity index (χ0n) is 19.0. The summed E-state index contributed by atoms with van der Waals surface area (Å²) in [6.45, 7) is 3.54. The number of hydrogen-bond donors (Lipinski definition) is 6. The van der Waals surface area contributed by atoms with Gasteiger partial charge in [0.15, 0.2) is 0 Å². The van der Waals surface area contributed by atoms with Gasteiger partial charge in [-0.25, -0.2) is 4.79 Å². The van der Waals surface area contributed by atoms with Gasteiger partial charge in [0.2, 0.25) is 11.8 Å². The van der Waals surface area contributed by atoms with Crippen LogP contribution >= 0.6 is 0 Å². The Bertz CT molecular complexity index is 964. The molecule has 1 aromatic rings. The van der Waals surface area contributed by atoms with Gasteiger partial charge in [-0.15, -0.1) is 0 Å². The standard InChI is InChI=1S/C22H30N4O8/c1-11(2)18(22(33)34)25-20(31)15-4-3-9-26(15)21(32)13-10-12(5-7-16(13)27)24-19(30)14(23)6-8-17(28)29/h5,7,10-11,14-15,18,27H,3-4,6,8-9,23H2,1-2H3,(H,24,30)(H,25,31)(H,28,29)(H,33,34). The number of aliphatic carboxylic acids is 2. The Labute approximate surface area is 196 Å². The Kier molecular flexibility index (Phi) is 8.96. The quantitative estimate of drug-likeness (QED) is 0.257. The van der Waals surface area contributed by atoms with Gasteiger partial charge in [0.25, 0.3) is 5.91 Å². The lowest BCUT2D eigenvalue weighted by atomic mass is 10.0. The van der Waals surface area contributed by atoms with Crippen LogP contribution < -0.4 is 16.4 Å². The number of nitrogens with one attached hydrogen (secondary N) is 2. The Balaban J connectivity index is 2.16. The second-order valence-corrected chi connectivity index (χ2v) is 8.49. The molecule has 3 unspecified atom stereocenters. The molecule has 1 aliphatic heterocycles. The molecule has 0 aromatic heterocycles. The van der Waals surface area contributed by atoms with E-state index in [1.807, 2.05) is 0 Å². The van der Waals surface area contributed by atoms with Gasteiger partial charge in [-0.2, -0.15) is 0 Å². The Hall–Kier alpha value is -3.67. The van der Waals surface area contributed by atoms with Crippen LogP contribution in [0.2, 0.25) is 0 Å². The Morgan fingerprint density at radius 1 is 1.18 bits per heavy atom. The second kappa shape index (κ2) is 11.5. The van der Waals surface area contributed by atoms with Crippen LogP contribution in [-0.4, -0.2) is 74.5 Å². The molecule has 0 bridgehead atoms. The predicted octanol–water partition coefficient (Wildman–Crippen LogP) is 0.353. The molecule has 1 fully saturated rings. The summed E-state index contributed by atoms with van der Waals surface area (Å²) in [5.74, 6) is -4.90. The number of phenolic OH excluding ortho intramolecular Hbond substituents is 1. The third kappa shape index (κ3) is 6.67. The number of likely N-dealkylation sites (tertiary alicyclic amines) is 1. The minimum Gasteiger partial charge on any atom is -0.507 e. The van der Waals surface area contributed by atoms with E-state index in [-0.39, 0.29) is 42.3 Å². The number of carboxylic acids is 2. The van der Waals surface area contributed by atoms with Gasteiger partial charge in [0, 0.05) is 18.7 Å². The van der Waals surface area contributed by atoms with Gasteiger partial charge in [-0.1, -0.05) is 13.8 Å². The lowest BCUT2D eigenvalue weighted by Crippen LogP contribution is -2.52. The Morgan fingerprint density at radius 3 is 2.44 bits per heavy atom. The first kappa shape index (κ1) is 26.6. The first-order valence-corrected chi connectivity index (χ1v) is 10.9. The maximum absolute atomic E-state index is 13.2. The summed E-state index contributed by atoms with van der Waals surface area (Å²) >= 11 is 0. The van der Waals surface area contributed by atoms with Crippen molar-refractivity contribution in [3.63, 3.8) is 0 Å². The SMILES string of the molecule is CC(C)C(NC(=O)C1CCCN1C(=O)c1cc(NC(=O)C(N)CCC(=O)O)ccc1O)C(=O)O. The second-order valence-electron chi connectivity index (χ2n) is 8.49. The first-order valence-electron chi connectivity index (χ1n) is 10.9. The number of carboxylic acid groups (broad SMARTS) is 2. The number of phenols is 1. The minimum atomic E-state index is -1.18. The lowest BCUT2D eigenvalue weighted by Gasteiger charge is -2.27. The van der Waals surface area contributed by atoms with Gasteiger partial charge in [-0.3, -0.25) is 19.2 Å². The molecular weight excluding hydrogens is 448 g/mol. The summed E-state index contributed by atoms with van der Waals surface area (Å²) in [7, 11) is 0. The van der Waals surface area contributed by atoms with Gasteiger partial charge in [-0.05, 0) is 43.4 Å². The summed E-state index contributed by atoms with van der Waals surface area (Å²) < 4.78 is 0. The molecule has 0 spiro atoms. The van der Waals surface area contributed by atoms with E-state index in [1.165, 1.54) is 23.1 Å². The van der Waals surface area contributed by atoms with E-state index in [1.54, 1.807) is 13.8 Å². The number of carbonyl (C=O) groups is 5. The fourth-order valence-electron chi connectivity index (χ4n) is 3.63. The van der Waals surface area contributed by atoms with Crippen molar-refractivity contribution in [2.75, 3.05) is 11.9 Å². The Morgan fingerprint density at radius 2 is 1.85 bits per heavy atom. The highest BCUT2D eigenvalue weighted by Crippen LogP contribution is 2.27. The molecule has 12 heteroatoms. The molecule has 2 rings (SSSR count). The smallest absolute Gasteiger partial charge is 0.326 e. The molecule has 1 aromatic carbocycles. The topological polar surface area (TPSA) is 199 Å². The highest BCUT2D eigenvalue weighted by molar-refractivity contribution is 6.02.